The monoisotopic (exact) mass is 218 g/mol. The third-order valence-corrected chi connectivity index (χ3v) is 3.45. The highest BCUT2D eigenvalue weighted by molar-refractivity contribution is 5.59. The van der Waals surface area contributed by atoms with Gasteiger partial charge in [0.05, 0.1) is 0 Å². The van der Waals surface area contributed by atoms with Crippen LogP contribution in [0.4, 0.5) is 5.69 Å². The maximum Gasteiger partial charge on any atom is 0.0402 e. The second-order valence-electron chi connectivity index (χ2n) is 4.72. The Morgan fingerprint density at radius 1 is 1.25 bits per heavy atom. The summed E-state index contributed by atoms with van der Waals surface area (Å²) in [6, 6.07) is 9.45. The van der Waals surface area contributed by atoms with Gasteiger partial charge in [0, 0.05) is 18.3 Å². The smallest absolute Gasteiger partial charge is 0.0402 e. The van der Waals surface area contributed by atoms with Crippen molar-refractivity contribution in [3.63, 3.8) is 0 Å². The quantitative estimate of drug-likeness (QED) is 0.770. The molecule has 0 radical (unpaired) electrons. The van der Waals surface area contributed by atoms with Crippen LogP contribution >= 0.6 is 0 Å². The number of anilines is 1. The number of nitrogens with two attached hydrogens (primary N) is 1. The first kappa shape index (κ1) is 11.5. The molecule has 1 unspecified atom stereocenters. The first-order valence-electron chi connectivity index (χ1n) is 6.37. The van der Waals surface area contributed by atoms with E-state index in [1.54, 1.807) is 0 Å². The van der Waals surface area contributed by atoms with Gasteiger partial charge in [-0.05, 0) is 44.4 Å². The van der Waals surface area contributed by atoms with Crippen molar-refractivity contribution in [3.8, 4) is 0 Å². The summed E-state index contributed by atoms with van der Waals surface area (Å²) in [5.74, 6) is 0. The number of fused-ring (bicyclic) bond motifs is 1. The Labute approximate surface area is 98.4 Å². The van der Waals surface area contributed by atoms with Gasteiger partial charge in [0.2, 0.25) is 0 Å². The second-order valence-corrected chi connectivity index (χ2v) is 4.72. The lowest BCUT2D eigenvalue weighted by molar-refractivity contribution is 0.614. The predicted molar refractivity (Wildman–Crippen MR) is 69.9 cm³/mol. The molecule has 0 fully saturated rings. The number of rotatable bonds is 5. The van der Waals surface area contributed by atoms with E-state index in [0.717, 1.165) is 13.0 Å². The van der Waals surface area contributed by atoms with Crippen LogP contribution in [0.2, 0.25) is 0 Å². The summed E-state index contributed by atoms with van der Waals surface area (Å²) in [7, 11) is 0. The van der Waals surface area contributed by atoms with Gasteiger partial charge in [-0.15, -0.1) is 0 Å². The first-order chi connectivity index (χ1) is 7.83. The minimum Gasteiger partial charge on any atom is -0.368 e. The SMILES string of the molecule is CC1Cc2ccccc2N1CCCCCN. The Morgan fingerprint density at radius 2 is 2.06 bits per heavy atom. The van der Waals surface area contributed by atoms with Gasteiger partial charge in [0.25, 0.3) is 0 Å². The number of nitrogens with zero attached hydrogens (tertiary/aromatic N) is 1. The third-order valence-electron chi connectivity index (χ3n) is 3.45. The highest BCUT2D eigenvalue weighted by atomic mass is 15.2. The van der Waals surface area contributed by atoms with Crippen LogP contribution in [0.3, 0.4) is 0 Å². The van der Waals surface area contributed by atoms with Crippen molar-refractivity contribution in [2.75, 3.05) is 18.0 Å². The largest absolute Gasteiger partial charge is 0.368 e. The van der Waals surface area contributed by atoms with Gasteiger partial charge in [-0.3, -0.25) is 0 Å². The highest BCUT2D eigenvalue weighted by Gasteiger charge is 2.24. The lowest BCUT2D eigenvalue weighted by Gasteiger charge is -2.24. The van der Waals surface area contributed by atoms with Gasteiger partial charge in [0.1, 0.15) is 0 Å². The molecular weight excluding hydrogens is 196 g/mol. The minimum atomic E-state index is 0.662. The molecule has 1 aliphatic rings. The normalized spacial score (nSPS) is 18.9. The lowest BCUT2D eigenvalue weighted by Crippen LogP contribution is -2.30. The van der Waals surface area contributed by atoms with Crippen LogP contribution < -0.4 is 10.6 Å². The van der Waals surface area contributed by atoms with Gasteiger partial charge in [-0.2, -0.15) is 0 Å². The van der Waals surface area contributed by atoms with E-state index in [0.29, 0.717) is 6.04 Å². The standard InChI is InChI=1S/C14H22N2/c1-12-11-13-7-3-4-8-14(13)16(12)10-6-2-5-9-15/h3-4,7-8,12H,2,5-6,9-11,15H2,1H3. The molecule has 0 bridgehead atoms. The molecule has 0 aromatic heterocycles. The molecule has 0 spiro atoms. The summed E-state index contributed by atoms with van der Waals surface area (Å²) < 4.78 is 0. The molecule has 0 saturated carbocycles. The predicted octanol–water partition coefficient (Wildman–Crippen LogP) is 2.57. The summed E-state index contributed by atoms with van der Waals surface area (Å²) in [6.45, 7) is 4.33. The topological polar surface area (TPSA) is 29.3 Å². The van der Waals surface area contributed by atoms with Gasteiger partial charge in [-0.1, -0.05) is 24.6 Å². The van der Waals surface area contributed by atoms with Crippen molar-refractivity contribution in [2.45, 2.75) is 38.6 Å². The second kappa shape index (κ2) is 5.35. The molecule has 2 N–H and O–H groups in total. The molecule has 1 atom stereocenters. The van der Waals surface area contributed by atoms with E-state index in [9.17, 15) is 0 Å². The molecule has 16 heavy (non-hydrogen) atoms. The van der Waals surface area contributed by atoms with E-state index in [4.69, 9.17) is 5.73 Å². The van der Waals surface area contributed by atoms with E-state index < -0.39 is 0 Å². The molecule has 0 amide bonds. The fourth-order valence-electron chi connectivity index (χ4n) is 2.57. The zero-order valence-corrected chi connectivity index (χ0v) is 10.2. The van der Waals surface area contributed by atoms with Crippen LogP contribution in [0.25, 0.3) is 0 Å². The van der Waals surface area contributed by atoms with Gasteiger partial charge < -0.3 is 10.6 Å². The Morgan fingerprint density at radius 3 is 2.88 bits per heavy atom. The Bertz CT molecular complexity index is 335. The van der Waals surface area contributed by atoms with E-state index in [1.165, 1.54) is 37.1 Å². The number of unbranched alkanes of at least 4 members (excludes halogenated alkanes) is 2. The number of benzene rings is 1. The van der Waals surface area contributed by atoms with Crippen molar-refractivity contribution in [2.24, 2.45) is 5.73 Å². The minimum absolute atomic E-state index is 0.662. The van der Waals surface area contributed by atoms with E-state index in [-0.39, 0.29) is 0 Å². The van der Waals surface area contributed by atoms with Crippen molar-refractivity contribution < 1.29 is 0 Å². The summed E-state index contributed by atoms with van der Waals surface area (Å²) in [5, 5.41) is 0. The molecule has 2 nitrogen and oxygen atoms in total. The van der Waals surface area contributed by atoms with Crippen LogP contribution in [-0.4, -0.2) is 19.1 Å². The first-order valence-corrected chi connectivity index (χ1v) is 6.37. The Balaban J connectivity index is 1.94. The molecule has 1 aromatic carbocycles. The fraction of sp³-hybridized carbons (Fsp3) is 0.571. The number of hydrogen-bond donors (Lipinski definition) is 1. The highest BCUT2D eigenvalue weighted by Crippen LogP contribution is 2.31. The molecule has 0 saturated heterocycles. The molecular formula is C14H22N2. The van der Waals surface area contributed by atoms with Crippen molar-refractivity contribution in [3.05, 3.63) is 29.8 Å². The zero-order chi connectivity index (χ0) is 11.4. The summed E-state index contributed by atoms with van der Waals surface area (Å²) >= 11 is 0. The van der Waals surface area contributed by atoms with Gasteiger partial charge in [-0.25, -0.2) is 0 Å². The van der Waals surface area contributed by atoms with Crippen LogP contribution in [0, 0.1) is 0 Å². The van der Waals surface area contributed by atoms with Crippen LogP contribution in [0.1, 0.15) is 31.7 Å². The fourth-order valence-corrected chi connectivity index (χ4v) is 2.57. The molecule has 2 heteroatoms. The Kier molecular flexibility index (Phi) is 3.83. The third kappa shape index (κ3) is 2.38. The van der Waals surface area contributed by atoms with Crippen LogP contribution in [0.15, 0.2) is 24.3 Å². The average molecular weight is 218 g/mol. The van der Waals surface area contributed by atoms with Crippen molar-refractivity contribution in [1.82, 2.24) is 0 Å². The zero-order valence-electron chi connectivity index (χ0n) is 10.2. The molecule has 2 rings (SSSR count). The summed E-state index contributed by atoms with van der Waals surface area (Å²) in [5.41, 5.74) is 8.47. The Hall–Kier alpha value is -1.02. The molecule has 0 aliphatic carbocycles. The average Bonchev–Trinajstić information content (AvgIpc) is 2.61. The lowest BCUT2D eigenvalue weighted by atomic mass is 10.1. The number of para-hydroxylation sites is 1. The molecule has 88 valence electrons. The summed E-state index contributed by atoms with van der Waals surface area (Å²) in [4.78, 5) is 2.55. The van der Waals surface area contributed by atoms with E-state index in [1.807, 2.05) is 0 Å². The maximum atomic E-state index is 5.51. The molecule has 1 aliphatic heterocycles. The van der Waals surface area contributed by atoms with E-state index >= 15 is 0 Å². The summed E-state index contributed by atoms with van der Waals surface area (Å²) in [6.07, 6.45) is 4.87. The van der Waals surface area contributed by atoms with Crippen molar-refractivity contribution >= 4 is 5.69 Å². The van der Waals surface area contributed by atoms with Gasteiger partial charge in [0.15, 0.2) is 0 Å². The number of hydrogen-bond acceptors (Lipinski definition) is 2. The van der Waals surface area contributed by atoms with Crippen LogP contribution in [0.5, 0.6) is 0 Å². The van der Waals surface area contributed by atoms with Crippen LogP contribution in [-0.2, 0) is 6.42 Å². The van der Waals surface area contributed by atoms with Gasteiger partial charge >= 0.3 is 0 Å². The maximum absolute atomic E-state index is 5.51. The van der Waals surface area contributed by atoms with E-state index in [2.05, 4.69) is 36.1 Å². The molecule has 1 aromatic rings. The molecule has 1 heterocycles. The van der Waals surface area contributed by atoms with Crippen molar-refractivity contribution in [1.29, 1.82) is 0 Å².